The second-order valence-corrected chi connectivity index (χ2v) is 9.53. The number of hydrogen-bond donors (Lipinski definition) is 1. The molecule has 120 valence electrons. The van der Waals surface area contributed by atoms with Crippen LogP contribution in [0.5, 0.6) is 0 Å². The normalized spacial score (nSPS) is 41.3. The molecule has 2 nitrogen and oxygen atoms in total. The average Bonchev–Trinajstić information content (AvgIpc) is 2.42. The van der Waals surface area contributed by atoms with Crippen LogP contribution >= 0.6 is 31.9 Å². The van der Waals surface area contributed by atoms with Gasteiger partial charge in [0, 0.05) is 10.7 Å². The van der Waals surface area contributed by atoms with E-state index >= 15 is 0 Å². The minimum atomic E-state index is -0.138. The van der Waals surface area contributed by atoms with Crippen LogP contribution in [0.15, 0.2) is 0 Å². The van der Waals surface area contributed by atoms with Crippen LogP contribution in [0.1, 0.15) is 58.8 Å². The van der Waals surface area contributed by atoms with Crippen molar-refractivity contribution in [1.29, 1.82) is 0 Å². The summed E-state index contributed by atoms with van der Waals surface area (Å²) in [6.07, 6.45) is 8.42. The van der Waals surface area contributed by atoms with Crippen LogP contribution in [0.25, 0.3) is 0 Å². The number of hydrogen-bond acceptors (Lipinski definition) is 1. The topological polar surface area (TPSA) is 29.1 Å². The van der Waals surface area contributed by atoms with Crippen molar-refractivity contribution < 1.29 is 4.79 Å². The molecule has 4 saturated carbocycles. The highest BCUT2D eigenvalue weighted by Crippen LogP contribution is 2.65. The monoisotopic (exact) mass is 419 g/mol. The zero-order valence-corrected chi connectivity index (χ0v) is 16.4. The highest BCUT2D eigenvalue weighted by Gasteiger charge is 2.59. The molecule has 21 heavy (non-hydrogen) atoms. The number of carbonyl (C=O) groups excluding carboxylic acids is 1. The van der Waals surface area contributed by atoms with Crippen molar-refractivity contribution in [2.24, 2.45) is 22.7 Å². The molecule has 0 spiro atoms. The van der Waals surface area contributed by atoms with E-state index in [9.17, 15) is 4.79 Å². The third-order valence-corrected chi connectivity index (χ3v) is 8.55. The lowest BCUT2D eigenvalue weighted by Crippen LogP contribution is -2.61. The quantitative estimate of drug-likeness (QED) is 0.644. The van der Waals surface area contributed by atoms with Gasteiger partial charge in [-0.15, -0.1) is 0 Å². The third-order valence-electron chi connectivity index (χ3n) is 6.40. The summed E-state index contributed by atoms with van der Waals surface area (Å²) in [7, 11) is 0. The van der Waals surface area contributed by atoms with Crippen LogP contribution in [0, 0.1) is 22.7 Å². The zero-order chi connectivity index (χ0) is 15.3. The second-order valence-electron chi connectivity index (χ2n) is 8.41. The van der Waals surface area contributed by atoms with Crippen molar-refractivity contribution in [1.82, 2.24) is 5.32 Å². The van der Waals surface area contributed by atoms with Gasteiger partial charge in [0.2, 0.25) is 5.91 Å². The van der Waals surface area contributed by atoms with Gasteiger partial charge in [-0.25, -0.2) is 0 Å². The van der Waals surface area contributed by atoms with Gasteiger partial charge in [0.25, 0.3) is 0 Å². The molecule has 4 aliphatic rings. The minimum absolute atomic E-state index is 0.0659. The summed E-state index contributed by atoms with van der Waals surface area (Å²) in [5, 5.41) is 5.05. The molecule has 4 fully saturated rings. The van der Waals surface area contributed by atoms with E-state index in [2.05, 4.69) is 51.0 Å². The number of carbonyl (C=O) groups is 1. The summed E-state index contributed by atoms with van der Waals surface area (Å²) in [5.41, 5.74) is 0.226. The maximum Gasteiger partial charge on any atom is 0.226 e. The molecule has 0 radical (unpaired) electrons. The van der Waals surface area contributed by atoms with Crippen molar-refractivity contribution >= 4 is 37.8 Å². The van der Waals surface area contributed by atoms with E-state index in [1.807, 2.05) is 0 Å². The Bertz CT molecular complexity index is 410. The lowest BCUT2D eigenvalue weighted by atomic mass is 9.44. The van der Waals surface area contributed by atoms with Crippen molar-refractivity contribution in [3.63, 3.8) is 0 Å². The molecule has 4 bridgehead atoms. The van der Waals surface area contributed by atoms with Gasteiger partial charge >= 0.3 is 0 Å². The van der Waals surface area contributed by atoms with Crippen molar-refractivity contribution in [2.75, 3.05) is 10.7 Å². The highest BCUT2D eigenvalue weighted by atomic mass is 79.9. The van der Waals surface area contributed by atoms with E-state index in [0.717, 1.165) is 48.2 Å². The Morgan fingerprint density at radius 3 is 2.19 bits per heavy atom. The fourth-order valence-electron chi connectivity index (χ4n) is 5.74. The summed E-state index contributed by atoms with van der Waals surface area (Å²) in [4.78, 5) is 13.2. The van der Waals surface area contributed by atoms with E-state index in [1.165, 1.54) is 19.3 Å². The maximum absolute atomic E-state index is 13.2. The molecule has 1 N–H and O–H groups in total. The van der Waals surface area contributed by atoms with E-state index in [4.69, 9.17) is 0 Å². The maximum atomic E-state index is 13.2. The predicted molar refractivity (Wildman–Crippen MR) is 94.0 cm³/mol. The summed E-state index contributed by atoms with van der Waals surface area (Å²) < 4.78 is 0. The molecule has 0 aromatic rings. The molecule has 4 aliphatic carbocycles. The van der Waals surface area contributed by atoms with Gasteiger partial charge in [-0.2, -0.15) is 0 Å². The summed E-state index contributed by atoms with van der Waals surface area (Å²) in [6.45, 7) is 4.58. The van der Waals surface area contributed by atoms with E-state index in [1.54, 1.807) is 0 Å². The van der Waals surface area contributed by atoms with Crippen molar-refractivity contribution in [3.05, 3.63) is 0 Å². The van der Waals surface area contributed by atoms with Crippen molar-refractivity contribution in [3.8, 4) is 0 Å². The fourth-order valence-corrected chi connectivity index (χ4v) is 7.74. The van der Waals surface area contributed by atoms with E-state index in [0.29, 0.717) is 11.3 Å². The first-order chi connectivity index (χ1) is 9.88. The van der Waals surface area contributed by atoms with E-state index in [-0.39, 0.29) is 11.0 Å². The van der Waals surface area contributed by atoms with Crippen molar-refractivity contribution in [2.45, 2.75) is 64.3 Å². The van der Waals surface area contributed by atoms with Crippen LogP contribution in [0.2, 0.25) is 0 Å². The minimum Gasteiger partial charge on any atom is -0.349 e. The highest BCUT2D eigenvalue weighted by molar-refractivity contribution is 9.09. The standard InChI is InChI=1S/C17H27Br2NO/c1-3-17(10-18,11-19)20-14(21)16-7-12-4-13(8-16)6-15(2,5-12)9-16/h12-13H,3-11H2,1-2H3,(H,20,21). The molecule has 0 aliphatic heterocycles. The molecule has 0 aromatic heterocycles. The van der Waals surface area contributed by atoms with E-state index < -0.39 is 0 Å². The molecule has 0 heterocycles. The Balaban J connectivity index is 1.81. The van der Waals surface area contributed by atoms with Crippen LogP contribution in [-0.4, -0.2) is 22.1 Å². The predicted octanol–water partition coefficient (Wildman–Crippen LogP) is 4.65. The number of nitrogens with one attached hydrogen (secondary N) is 1. The molecule has 1 amide bonds. The van der Waals surface area contributed by atoms with Crippen LogP contribution < -0.4 is 5.32 Å². The van der Waals surface area contributed by atoms with Gasteiger partial charge in [-0.1, -0.05) is 45.7 Å². The first-order valence-electron chi connectivity index (χ1n) is 8.33. The lowest BCUT2D eigenvalue weighted by Gasteiger charge is -2.60. The summed E-state index contributed by atoms with van der Waals surface area (Å²) in [6, 6.07) is 0. The molecule has 0 saturated heterocycles. The third kappa shape index (κ3) is 2.73. The molecule has 4 heteroatoms. The van der Waals surface area contributed by atoms with Gasteiger partial charge in [0.15, 0.2) is 0 Å². The Morgan fingerprint density at radius 1 is 1.19 bits per heavy atom. The SMILES string of the molecule is CCC(CBr)(CBr)NC(=O)C12CC3CC(CC(C)(C3)C1)C2. The molecule has 4 rings (SSSR count). The zero-order valence-electron chi connectivity index (χ0n) is 13.2. The molecular weight excluding hydrogens is 394 g/mol. The van der Waals surface area contributed by atoms with Gasteiger partial charge in [-0.05, 0) is 62.2 Å². The fraction of sp³-hybridized carbons (Fsp3) is 0.941. The lowest BCUT2D eigenvalue weighted by molar-refractivity contribution is -0.156. The Labute approximate surface area is 145 Å². The van der Waals surface area contributed by atoms with Gasteiger partial charge in [0.05, 0.1) is 11.0 Å². The van der Waals surface area contributed by atoms with Crippen LogP contribution in [0.3, 0.4) is 0 Å². The number of rotatable bonds is 5. The number of alkyl halides is 2. The number of amides is 1. The first kappa shape index (κ1) is 16.3. The molecule has 0 aromatic carbocycles. The Hall–Kier alpha value is 0.430. The second kappa shape index (κ2) is 5.51. The first-order valence-corrected chi connectivity index (χ1v) is 10.6. The van der Waals surface area contributed by atoms with Gasteiger partial charge in [-0.3, -0.25) is 4.79 Å². The summed E-state index contributed by atoms with van der Waals surface area (Å²) >= 11 is 7.20. The molecular formula is C17H27Br2NO. The van der Waals surface area contributed by atoms with Gasteiger partial charge in [0.1, 0.15) is 0 Å². The van der Waals surface area contributed by atoms with Crippen LogP contribution in [0.4, 0.5) is 0 Å². The Morgan fingerprint density at radius 2 is 1.76 bits per heavy atom. The Kier molecular flexibility index (Phi) is 4.27. The summed E-state index contributed by atoms with van der Waals surface area (Å²) in [5.74, 6) is 1.93. The largest absolute Gasteiger partial charge is 0.349 e. The smallest absolute Gasteiger partial charge is 0.226 e. The van der Waals surface area contributed by atoms with Gasteiger partial charge < -0.3 is 5.32 Å². The van der Waals surface area contributed by atoms with Crippen LogP contribution in [-0.2, 0) is 4.79 Å². The average molecular weight is 421 g/mol. The molecule has 2 unspecified atom stereocenters. The number of halogens is 2. The molecule has 2 atom stereocenters.